The SMILES string of the molecule is N/C=C/c1ccsc1Br. The number of hydrogen-bond acceptors (Lipinski definition) is 2. The third kappa shape index (κ3) is 1.56. The normalized spacial score (nSPS) is 10.8. The Hall–Kier alpha value is -0.280. The van der Waals surface area contributed by atoms with Gasteiger partial charge in [-0.1, -0.05) is 0 Å². The van der Waals surface area contributed by atoms with Crippen molar-refractivity contribution in [3.8, 4) is 0 Å². The molecule has 9 heavy (non-hydrogen) atoms. The third-order valence-electron chi connectivity index (χ3n) is 0.922. The maximum Gasteiger partial charge on any atom is 0.0771 e. The molecule has 0 aliphatic carbocycles. The number of thiophene rings is 1. The van der Waals surface area contributed by atoms with Crippen molar-refractivity contribution in [2.45, 2.75) is 0 Å². The van der Waals surface area contributed by atoms with Gasteiger partial charge in [0, 0.05) is 5.56 Å². The van der Waals surface area contributed by atoms with E-state index in [4.69, 9.17) is 5.73 Å². The first-order chi connectivity index (χ1) is 4.34. The summed E-state index contributed by atoms with van der Waals surface area (Å²) >= 11 is 5.03. The molecule has 0 aliphatic rings. The van der Waals surface area contributed by atoms with Crippen molar-refractivity contribution in [2.24, 2.45) is 5.73 Å². The molecule has 0 unspecified atom stereocenters. The lowest BCUT2D eigenvalue weighted by molar-refractivity contribution is 1.63. The molecule has 0 aromatic carbocycles. The fourth-order valence-electron chi connectivity index (χ4n) is 0.525. The Kier molecular flexibility index (Phi) is 2.30. The van der Waals surface area contributed by atoms with Crippen molar-refractivity contribution in [3.05, 3.63) is 27.0 Å². The first kappa shape index (κ1) is 6.83. The predicted molar refractivity (Wildman–Crippen MR) is 45.2 cm³/mol. The minimum Gasteiger partial charge on any atom is -0.405 e. The summed E-state index contributed by atoms with van der Waals surface area (Å²) in [6.07, 6.45) is 3.40. The Balaban J connectivity index is 2.94. The standard InChI is InChI=1S/C6H6BrNS/c7-6-5(1-3-8)2-4-9-6/h1-4H,8H2/b3-1+. The Bertz CT molecular complexity index is 217. The molecule has 3 heteroatoms. The largest absolute Gasteiger partial charge is 0.405 e. The van der Waals surface area contributed by atoms with Gasteiger partial charge in [0.15, 0.2) is 0 Å². The lowest BCUT2D eigenvalue weighted by Crippen LogP contribution is -1.74. The van der Waals surface area contributed by atoms with Crippen LogP contribution < -0.4 is 5.73 Å². The molecule has 1 aromatic rings. The van der Waals surface area contributed by atoms with Crippen LogP contribution in [0.25, 0.3) is 6.08 Å². The smallest absolute Gasteiger partial charge is 0.0771 e. The van der Waals surface area contributed by atoms with Crippen LogP contribution in [-0.2, 0) is 0 Å². The average Bonchev–Trinajstić information content (AvgIpc) is 2.18. The molecular weight excluding hydrogens is 198 g/mol. The van der Waals surface area contributed by atoms with Gasteiger partial charge in [-0.3, -0.25) is 0 Å². The quantitative estimate of drug-likeness (QED) is 0.746. The van der Waals surface area contributed by atoms with Crippen molar-refractivity contribution < 1.29 is 0 Å². The number of rotatable bonds is 1. The number of halogens is 1. The molecule has 0 amide bonds. The summed E-state index contributed by atoms with van der Waals surface area (Å²) in [5.74, 6) is 0. The van der Waals surface area contributed by atoms with E-state index in [9.17, 15) is 0 Å². The van der Waals surface area contributed by atoms with Crippen LogP contribution in [0.15, 0.2) is 21.4 Å². The second kappa shape index (κ2) is 3.03. The van der Waals surface area contributed by atoms with Crippen LogP contribution in [0, 0.1) is 0 Å². The summed E-state index contributed by atoms with van der Waals surface area (Å²) in [5, 5.41) is 2.01. The van der Waals surface area contributed by atoms with E-state index < -0.39 is 0 Å². The van der Waals surface area contributed by atoms with Crippen molar-refractivity contribution in [1.29, 1.82) is 0 Å². The zero-order valence-corrected chi connectivity index (χ0v) is 7.08. The van der Waals surface area contributed by atoms with Crippen LogP contribution in [-0.4, -0.2) is 0 Å². The summed E-state index contributed by atoms with van der Waals surface area (Å²) in [5.41, 5.74) is 6.33. The molecular formula is C6H6BrNS. The molecule has 0 saturated heterocycles. The van der Waals surface area contributed by atoms with E-state index in [1.807, 2.05) is 17.5 Å². The topological polar surface area (TPSA) is 26.0 Å². The minimum absolute atomic E-state index is 1.13. The average molecular weight is 204 g/mol. The third-order valence-corrected chi connectivity index (χ3v) is 2.66. The van der Waals surface area contributed by atoms with Crippen molar-refractivity contribution in [3.63, 3.8) is 0 Å². The van der Waals surface area contributed by atoms with Gasteiger partial charge in [-0.2, -0.15) is 0 Å². The molecule has 1 rings (SSSR count). The van der Waals surface area contributed by atoms with Gasteiger partial charge in [0.2, 0.25) is 0 Å². The second-order valence-electron chi connectivity index (χ2n) is 1.51. The fraction of sp³-hybridized carbons (Fsp3) is 0. The maximum atomic E-state index is 5.19. The van der Waals surface area contributed by atoms with E-state index in [1.165, 1.54) is 6.20 Å². The Labute approximate surface area is 66.3 Å². The van der Waals surface area contributed by atoms with E-state index in [1.54, 1.807) is 11.3 Å². The van der Waals surface area contributed by atoms with Gasteiger partial charge < -0.3 is 5.73 Å². The van der Waals surface area contributed by atoms with Gasteiger partial charge in [-0.05, 0) is 39.7 Å². The highest BCUT2D eigenvalue weighted by Gasteiger charge is 1.93. The van der Waals surface area contributed by atoms with Crippen LogP contribution >= 0.6 is 27.3 Å². The van der Waals surface area contributed by atoms with Gasteiger partial charge in [-0.25, -0.2) is 0 Å². The summed E-state index contributed by atoms with van der Waals surface area (Å²) in [7, 11) is 0. The van der Waals surface area contributed by atoms with Crippen LogP contribution in [0.3, 0.4) is 0 Å². The number of nitrogens with two attached hydrogens (primary N) is 1. The molecule has 1 aromatic heterocycles. The molecule has 0 atom stereocenters. The predicted octanol–water partition coefficient (Wildman–Crippen LogP) is 2.44. The summed E-state index contributed by atoms with van der Waals surface area (Å²) < 4.78 is 1.13. The van der Waals surface area contributed by atoms with Crippen molar-refractivity contribution in [1.82, 2.24) is 0 Å². The summed E-state index contributed by atoms with van der Waals surface area (Å²) in [4.78, 5) is 0. The lowest BCUT2D eigenvalue weighted by atomic mass is 10.3. The molecule has 0 bridgehead atoms. The zero-order chi connectivity index (χ0) is 6.69. The Morgan fingerprint density at radius 2 is 2.44 bits per heavy atom. The first-order valence-electron chi connectivity index (χ1n) is 2.46. The fourth-order valence-corrected chi connectivity index (χ4v) is 1.72. The number of hydrogen-bond donors (Lipinski definition) is 1. The van der Waals surface area contributed by atoms with Gasteiger partial charge in [0.1, 0.15) is 0 Å². The van der Waals surface area contributed by atoms with Crippen LogP contribution in [0.1, 0.15) is 5.56 Å². The highest BCUT2D eigenvalue weighted by atomic mass is 79.9. The van der Waals surface area contributed by atoms with Crippen LogP contribution in [0.2, 0.25) is 0 Å². The zero-order valence-electron chi connectivity index (χ0n) is 4.67. The van der Waals surface area contributed by atoms with Gasteiger partial charge in [0.25, 0.3) is 0 Å². The van der Waals surface area contributed by atoms with Gasteiger partial charge in [0.05, 0.1) is 3.79 Å². The first-order valence-corrected chi connectivity index (χ1v) is 4.13. The molecule has 0 fully saturated rings. The molecule has 1 nitrogen and oxygen atoms in total. The molecule has 48 valence electrons. The molecule has 2 N–H and O–H groups in total. The summed E-state index contributed by atoms with van der Waals surface area (Å²) in [6, 6.07) is 2.01. The highest BCUT2D eigenvalue weighted by molar-refractivity contribution is 9.11. The Morgan fingerprint density at radius 3 is 2.89 bits per heavy atom. The van der Waals surface area contributed by atoms with Crippen molar-refractivity contribution >= 4 is 33.3 Å². The summed E-state index contributed by atoms with van der Waals surface area (Å²) in [6.45, 7) is 0. The molecule has 0 aliphatic heterocycles. The Morgan fingerprint density at radius 1 is 1.67 bits per heavy atom. The van der Waals surface area contributed by atoms with E-state index in [0.29, 0.717) is 0 Å². The van der Waals surface area contributed by atoms with E-state index in [-0.39, 0.29) is 0 Å². The van der Waals surface area contributed by atoms with E-state index >= 15 is 0 Å². The molecule has 1 heterocycles. The van der Waals surface area contributed by atoms with Crippen LogP contribution in [0.4, 0.5) is 0 Å². The minimum atomic E-state index is 1.13. The monoisotopic (exact) mass is 203 g/mol. The lowest BCUT2D eigenvalue weighted by Gasteiger charge is -1.82. The second-order valence-corrected chi connectivity index (χ2v) is 3.74. The molecule has 0 saturated carbocycles. The van der Waals surface area contributed by atoms with Crippen molar-refractivity contribution in [2.75, 3.05) is 0 Å². The van der Waals surface area contributed by atoms with Crippen LogP contribution in [0.5, 0.6) is 0 Å². The van der Waals surface area contributed by atoms with E-state index in [2.05, 4.69) is 15.9 Å². The maximum absolute atomic E-state index is 5.19. The van der Waals surface area contributed by atoms with Gasteiger partial charge in [-0.15, -0.1) is 11.3 Å². The highest BCUT2D eigenvalue weighted by Crippen LogP contribution is 2.23. The van der Waals surface area contributed by atoms with E-state index in [0.717, 1.165) is 9.35 Å². The molecule has 0 radical (unpaired) electrons. The molecule has 0 spiro atoms. The van der Waals surface area contributed by atoms with Gasteiger partial charge >= 0.3 is 0 Å².